The van der Waals surface area contributed by atoms with Crippen molar-refractivity contribution in [2.24, 2.45) is 0 Å². The number of aromatic nitrogens is 2. The van der Waals surface area contributed by atoms with Gasteiger partial charge < -0.3 is 5.11 Å². The Morgan fingerprint density at radius 2 is 1.90 bits per heavy atom. The van der Waals surface area contributed by atoms with Crippen molar-refractivity contribution in [3.05, 3.63) is 53.9 Å². The Balaban J connectivity index is 1.78. The van der Waals surface area contributed by atoms with E-state index in [1.54, 1.807) is 0 Å². The molecule has 1 aliphatic rings. The predicted octanol–water partition coefficient (Wildman–Crippen LogP) is 3.49. The minimum absolute atomic E-state index is 0.0666. The van der Waals surface area contributed by atoms with Crippen LogP contribution in [-0.4, -0.2) is 21.0 Å². The van der Waals surface area contributed by atoms with E-state index in [-0.39, 0.29) is 11.5 Å². The fourth-order valence-corrected chi connectivity index (χ4v) is 3.31. The minimum Gasteiger partial charge on any atom is -0.392 e. The molecule has 21 heavy (non-hydrogen) atoms. The van der Waals surface area contributed by atoms with E-state index >= 15 is 0 Å². The van der Waals surface area contributed by atoms with Crippen LogP contribution in [0.1, 0.15) is 50.4 Å². The van der Waals surface area contributed by atoms with Gasteiger partial charge in [0.1, 0.15) is 0 Å². The minimum atomic E-state index is -0.357. The maximum Gasteiger partial charge on any atom is 0.0692 e. The van der Waals surface area contributed by atoms with Gasteiger partial charge in [0.25, 0.3) is 0 Å². The second-order valence-corrected chi connectivity index (χ2v) is 6.48. The maximum absolute atomic E-state index is 10.8. The summed E-state index contributed by atoms with van der Waals surface area (Å²) in [4.78, 5) is 0. The fraction of sp³-hybridized carbons (Fsp3) is 0.500. The normalized spacial score (nSPS) is 18.5. The van der Waals surface area contributed by atoms with Crippen LogP contribution >= 0.6 is 0 Å². The highest BCUT2D eigenvalue weighted by Gasteiger charge is 2.44. The Bertz CT molecular complexity index is 584. The molecule has 1 N–H and O–H groups in total. The summed E-state index contributed by atoms with van der Waals surface area (Å²) >= 11 is 0. The van der Waals surface area contributed by atoms with Crippen LogP contribution in [0.4, 0.5) is 0 Å². The number of hydrogen-bond donors (Lipinski definition) is 1. The van der Waals surface area contributed by atoms with Gasteiger partial charge in [0.2, 0.25) is 0 Å². The van der Waals surface area contributed by atoms with Gasteiger partial charge in [-0.2, -0.15) is 5.10 Å². The molecule has 0 amide bonds. The summed E-state index contributed by atoms with van der Waals surface area (Å²) in [5.41, 5.74) is 2.19. The Morgan fingerprint density at radius 3 is 2.43 bits per heavy atom. The van der Waals surface area contributed by atoms with Crippen molar-refractivity contribution >= 4 is 0 Å². The largest absolute Gasteiger partial charge is 0.392 e. The van der Waals surface area contributed by atoms with Crippen molar-refractivity contribution in [1.29, 1.82) is 0 Å². The monoisotopic (exact) mass is 284 g/mol. The molecule has 1 saturated carbocycles. The van der Waals surface area contributed by atoms with Crippen LogP contribution in [0.3, 0.4) is 0 Å². The van der Waals surface area contributed by atoms with Crippen LogP contribution in [0.5, 0.6) is 0 Å². The van der Waals surface area contributed by atoms with Gasteiger partial charge in [0, 0.05) is 24.1 Å². The molecule has 1 heterocycles. The average Bonchev–Trinajstić information content (AvgIpc) is 2.87. The summed E-state index contributed by atoms with van der Waals surface area (Å²) in [5, 5.41) is 15.4. The van der Waals surface area contributed by atoms with Crippen molar-refractivity contribution in [2.45, 2.75) is 57.1 Å². The van der Waals surface area contributed by atoms with Gasteiger partial charge >= 0.3 is 0 Å². The lowest BCUT2D eigenvalue weighted by molar-refractivity contribution is 0.0278. The van der Waals surface area contributed by atoms with E-state index in [0.29, 0.717) is 12.5 Å². The third-order valence-electron chi connectivity index (χ3n) is 4.83. The molecule has 1 aromatic carbocycles. The van der Waals surface area contributed by atoms with Crippen LogP contribution in [-0.2, 0) is 11.8 Å². The number of nitrogens with zero attached hydrogens (tertiary/aromatic N) is 2. The lowest BCUT2D eigenvalue weighted by Gasteiger charge is -2.46. The van der Waals surface area contributed by atoms with E-state index < -0.39 is 0 Å². The van der Waals surface area contributed by atoms with E-state index in [4.69, 9.17) is 0 Å². The Labute approximate surface area is 126 Å². The van der Waals surface area contributed by atoms with Crippen molar-refractivity contribution < 1.29 is 5.11 Å². The molecular weight excluding hydrogens is 260 g/mol. The number of aliphatic hydroxyl groups excluding tert-OH is 1. The molecule has 3 nitrogen and oxygen atoms in total. The van der Waals surface area contributed by atoms with E-state index in [0.717, 1.165) is 18.5 Å². The van der Waals surface area contributed by atoms with Crippen LogP contribution in [0, 0.1) is 0 Å². The van der Waals surface area contributed by atoms with Gasteiger partial charge in [-0.15, -0.1) is 0 Å². The topological polar surface area (TPSA) is 38.0 Å². The molecule has 2 aromatic rings. The third kappa shape index (κ3) is 2.62. The summed E-state index contributed by atoms with van der Waals surface area (Å²) in [5.74, 6) is 0. The van der Waals surface area contributed by atoms with Crippen molar-refractivity contribution in [3.63, 3.8) is 0 Å². The molecule has 1 unspecified atom stereocenters. The van der Waals surface area contributed by atoms with Gasteiger partial charge in [0.05, 0.1) is 11.8 Å². The van der Waals surface area contributed by atoms with Gasteiger partial charge in [-0.25, -0.2) is 0 Å². The highest BCUT2D eigenvalue weighted by Crippen LogP contribution is 2.47. The summed E-state index contributed by atoms with van der Waals surface area (Å²) in [6, 6.07) is 12.9. The zero-order valence-electron chi connectivity index (χ0n) is 12.9. The van der Waals surface area contributed by atoms with Gasteiger partial charge in [-0.1, -0.05) is 36.8 Å². The Kier molecular flexibility index (Phi) is 3.85. The first kappa shape index (κ1) is 14.3. The summed E-state index contributed by atoms with van der Waals surface area (Å²) in [6.45, 7) is 4.23. The van der Waals surface area contributed by atoms with Gasteiger partial charge in [0.15, 0.2) is 0 Å². The molecule has 112 valence electrons. The molecule has 1 aromatic heterocycles. The lowest BCUT2D eigenvalue weighted by Crippen LogP contribution is -2.46. The molecule has 0 saturated heterocycles. The number of hydrogen-bond acceptors (Lipinski definition) is 2. The molecule has 3 heteroatoms. The van der Waals surface area contributed by atoms with E-state index in [1.165, 1.54) is 12.0 Å². The molecule has 0 spiro atoms. The Morgan fingerprint density at radius 1 is 1.19 bits per heavy atom. The van der Waals surface area contributed by atoms with Gasteiger partial charge in [-0.05, 0) is 38.3 Å². The molecule has 1 fully saturated rings. The fourth-order valence-electron chi connectivity index (χ4n) is 3.31. The molecule has 1 atom stereocenters. The van der Waals surface area contributed by atoms with Gasteiger partial charge in [-0.3, -0.25) is 4.68 Å². The van der Waals surface area contributed by atoms with Crippen molar-refractivity contribution in [1.82, 2.24) is 9.78 Å². The number of aliphatic hydroxyl groups is 1. The maximum atomic E-state index is 10.8. The zero-order chi connectivity index (χ0) is 14.9. The van der Waals surface area contributed by atoms with E-state index in [2.05, 4.69) is 43.2 Å². The van der Waals surface area contributed by atoms with Crippen LogP contribution in [0.2, 0.25) is 0 Å². The summed E-state index contributed by atoms with van der Waals surface area (Å²) in [6.07, 6.45) is 5.62. The van der Waals surface area contributed by atoms with Crippen LogP contribution < -0.4 is 0 Å². The highest BCUT2D eigenvalue weighted by atomic mass is 16.3. The summed E-state index contributed by atoms with van der Waals surface area (Å²) < 4.78 is 1.96. The van der Waals surface area contributed by atoms with Crippen LogP contribution in [0.25, 0.3) is 0 Å². The zero-order valence-corrected chi connectivity index (χ0v) is 12.9. The third-order valence-corrected chi connectivity index (χ3v) is 4.83. The molecule has 3 rings (SSSR count). The molecule has 0 aliphatic heterocycles. The molecular formula is C18H24N2O. The first-order valence-corrected chi connectivity index (χ1v) is 7.89. The molecule has 0 bridgehead atoms. The Hall–Kier alpha value is -1.61. The van der Waals surface area contributed by atoms with E-state index in [9.17, 15) is 5.11 Å². The SMILES string of the molecule is CC(C)n1ccc(CC(O)C2(c3ccccc3)CCC2)n1. The molecule has 0 radical (unpaired) electrons. The summed E-state index contributed by atoms with van der Waals surface area (Å²) in [7, 11) is 0. The predicted molar refractivity (Wildman–Crippen MR) is 84.3 cm³/mol. The lowest BCUT2D eigenvalue weighted by atomic mass is 9.60. The first-order chi connectivity index (χ1) is 10.1. The standard InChI is InChI=1S/C18H24N2O/c1-14(2)20-12-9-16(19-20)13-17(21)18(10-6-11-18)15-7-4-3-5-8-15/h3-5,7-9,12,14,17,21H,6,10-11,13H2,1-2H3. The van der Waals surface area contributed by atoms with Crippen molar-refractivity contribution in [2.75, 3.05) is 0 Å². The van der Waals surface area contributed by atoms with Crippen LogP contribution in [0.15, 0.2) is 42.6 Å². The second-order valence-electron chi connectivity index (χ2n) is 6.48. The highest BCUT2D eigenvalue weighted by molar-refractivity contribution is 5.30. The quantitative estimate of drug-likeness (QED) is 0.912. The van der Waals surface area contributed by atoms with E-state index in [1.807, 2.05) is 23.0 Å². The number of benzene rings is 1. The second kappa shape index (κ2) is 5.64. The molecule has 1 aliphatic carbocycles. The number of rotatable bonds is 5. The van der Waals surface area contributed by atoms with Crippen molar-refractivity contribution in [3.8, 4) is 0 Å². The smallest absolute Gasteiger partial charge is 0.0692 e. The first-order valence-electron chi connectivity index (χ1n) is 7.89. The average molecular weight is 284 g/mol.